The highest BCUT2D eigenvalue weighted by Gasteiger charge is 2.60. The Morgan fingerprint density at radius 1 is 1.36 bits per heavy atom. The van der Waals surface area contributed by atoms with Crippen molar-refractivity contribution in [3.8, 4) is 5.75 Å². The van der Waals surface area contributed by atoms with Crippen molar-refractivity contribution in [2.45, 2.75) is 17.2 Å². The predicted octanol–water partition coefficient (Wildman–Crippen LogP) is 4.10. The smallest absolute Gasteiger partial charge is 0.415 e. The highest BCUT2D eigenvalue weighted by Crippen LogP contribution is 2.45. The van der Waals surface area contributed by atoms with Crippen molar-refractivity contribution in [1.29, 1.82) is 0 Å². The van der Waals surface area contributed by atoms with Crippen molar-refractivity contribution in [1.82, 2.24) is 0 Å². The standard InChI is InChI=1S/C14H9ClF4O3/c15-13(14(17,18)19)6-2-5-10(16)11(13)22-9-4-1-3-8(7-9)12(20)21/h1-7,11H,(H,20,21). The van der Waals surface area contributed by atoms with Gasteiger partial charge in [0, 0.05) is 0 Å². The van der Waals surface area contributed by atoms with Gasteiger partial charge in [-0.2, -0.15) is 13.2 Å². The highest BCUT2D eigenvalue weighted by molar-refractivity contribution is 6.26. The van der Waals surface area contributed by atoms with E-state index < -0.39 is 29.0 Å². The molecule has 1 N–H and O–H groups in total. The molecule has 0 saturated heterocycles. The Kier molecular flexibility index (Phi) is 4.19. The van der Waals surface area contributed by atoms with Crippen LogP contribution in [-0.2, 0) is 0 Å². The third kappa shape index (κ3) is 2.94. The van der Waals surface area contributed by atoms with E-state index in [1.165, 1.54) is 18.2 Å². The van der Waals surface area contributed by atoms with E-state index in [4.69, 9.17) is 21.4 Å². The lowest BCUT2D eigenvalue weighted by atomic mass is 9.94. The van der Waals surface area contributed by atoms with E-state index in [1.54, 1.807) is 0 Å². The normalized spacial score (nSPS) is 24.8. The van der Waals surface area contributed by atoms with Crippen LogP contribution in [0.3, 0.4) is 0 Å². The molecular formula is C14H9ClF4O3. The molecule has 0 amide bonds. The number of benzene rings is 1. The van der Waals surface area contributed by atoms with Gasteiger partial charge in [-0.15, -0.1) is 11.6 Å². The van der Waals surface area contributed by atoms with E-state index >= 15 is 0 Å². The van der Waals surface area contributed by atoms with Crippen LogP contribution in [0, 0.1) is 0 Å². The number of hydrogen-bond acceptors (Lipinski definition) is 2. The zero-order valence-corrected chi connectivity index (χ0v) is 11.5. The monoisotopic (exact) mass is 336 g/mol. The van der Waals surface area contributed by atoms with Gasteiger partial charge >= 0.3 is 12.1 Å². The molecule has 0 saturated carbocycles. The number of carboxylic acid groups (broad SMARTS) is 1. The summed E-state index contributed by atoms with van der Waals surface area (Å²) in [6.07, 6.45) is -4.88. The van der Waals surface area contributed by atoms with Crippen LogP contribution in [0.1, 0.15) is 10.4 Å². The van der Waals surface area contributed by atoms with E-state index in [0.29, 0.717) is 6.08 Å². The summed E-state index contributed by atoms with van der Waals surface area (Å²) in [5.74, 6) is -2.74. The first-order chi connectivity index (χ1) is 10.1. The fourth-order valence-corrected chi connectivity index (χ4v) is 2.10. The summed E-state index contributed by atoms with van der Waals surface area (Å²) >= 11 is 5.53. The quantitative estimate of drug-likeness (QED) is 0.668. The summed E-state index contributed by atoms with van der Waals surface area (Å²) in [6, 6.07) is 4.69. The van der Waals surface area contributed by atoms with E-state index in [-0.39, 0.29) is 11.3 Å². The average Bonchev–Trinajstić information content (AvgIpc) is 2.42. The molecule has 2 rings (SSSR count). The number of ether oxygens (including phenoxy) is 1. The summed E-state index contributed by atoms with van der Waals surface area (Å²) in [7, 11) is 0. The van der Waals surface area contributed by atoms with Crippen LogP contribution in [0.2, 0.25) is 0 Å². The number of hydrogen-bond donors (Lipinski definition) is 1. The van der Waals surface area contributed by atoms with Crippen LogP contribution in [0.25, 0.3) is 0 Å². The molecule has 1 aliphatic carbocycles. The Morgan fingerprint density at radius 3 is 2.64 bits per heavy atom. The van der Waals surface area contributed by atoms with Crippen molar-refractivity contribution in [2.24, 2.45) is 0 Å². The Labute approximate surface area is 127 Å². The molecule has 118 valence electrons. The number of carboxylic acids is 1. The maximum Gasteiger partial charge on any atom is 0.415 e. The number of aromatic carboxylic acids is 1. The van der Waals surface area contributed by atoms with Gasteiger partial charge in [-0.05, 0) is 24.3 Å². The van der Waals surface area contributed by atoms with Gasteiger partial charge in [-0.3, -0.25) is 0 Å². The van der Waals surface area contributed by atoms with Gasteiger partial charge in [-0.1, -0.05) is 18.2 Å². The minimum absolute atomic E-state index is 0.208. The SMILES string of the molecule is O=C(O)c1cccc(OC2C(F)=CC=CC2(Cl)C(F)(F)F)c1. The van der Waals surface area contributed by atoms with Crippen LogP contribution in [0.15, 0.2) is 48.3 Å². The Bertz CT molecular complexity index is 654. The molecule has 0 aromatic heterocycles. The molecule has 22 heavy (non-hydrogen) atoms. The van der Waals surface area contributed by atoms with Gasteiger partial charge in [0.2, 0.25) is 4.87 Å². The molecule has 0 aliphatic heterocycles. The van der Waals surface area contributed by atoms with E-state index in [2.05, 4.69) is 0 Å². The minimum Gasteiger partial charge on any atom is -0.481 e. The summed E-state index contributed by atoms with van der Waals surface area (Å²) in [5, 5.41) is 8.84. The highest BCUT2D eigenvalue weighted by atomic mass is 35.5. The molecule has 1 aromatic rings. The molecule has 0 spiro atoms. The van der Waals surface area contributed by atoms with Crippen LogP contribution in [0.4, 0.5) is 17.6 Å². The second kappa shape index (κ2) is 5.64. The molecule has 1 aromatic carbocycles. The maximum absolute atomic E-state index is 13.8. The van der Waals surface area contributed by atoms with Crippen LogP contribution in [0.5, 0.6) is 5.75 Å². The summed E-state index contributed by atoms with van der Waals surface area (Å²) < 4.78 is 58.1. The number of carbonyl (C=O) groups is 1. The number of halogens is 5. The predicted molar refractivity (Wildman–Crippen MR) is 70.8 cm³/mol. The zero-order chi connectivity index (χ0) is 16.5. The molecule has 1 aliphatic rings. The topological polar surface area (TPSA) is 46.5 Å². The molecule has 0 fully saturated rings. The molecular weight excluding hydrogens is 328 g/mol. The van der Waals surface area contributed by atoms with Crippen molar-refractivity contribution < 1.29 is 32.2 Å². The molecule has 8 heteroatoms. The second-order valence-electron chi connectivity index (χ2n) is 4.51. The lowest BCUT2D eigenvalue weighted by molar-refractivity contribution is -0.167. The van der Waals surface area contributed by atoms with E-state index in [1.807, 2.05) is 0 Å². The first-order valence-electron chi connectivity index (χ1n) is 5.96. The van der Waals surface area contributed by atoms with Crippen molar-refractivity contribution in [2.75, 3.05) is 0 Å². The molecule has 2 atom stereocenters. The van der Waals surface area contributed by atoms with Gasteiger partial charge in [0.05, 0.1) is 5.56 Å². The third-order valence-electron chi connectivity index (χ3n) is 3.00. The molecule has 2 unspecified atom stereocenters. The van der Waals surface area contributed by atoms with Crippen LogP contribution in [-0.4, -0.2) is 28.2 Å². The van der Waals surface area contributed by atoms with Gasteiger partial charge in [0.1, 0.15) is 11.6 Å². The third-order valence-corrected chi connectivity index (χ3v) is 3.53. The van der Waals surface area contributed by atoms with E-state index in [9.17, 15) is 22.4 Å². The molecule has 0 radical (unpaired) electrons. The molecule has 0 heterocycles. The summed E-state index contributed by atoms with van der Waals surface area (Å²) in [5.41, 5.74) is -0.208. The van der Waals surface area contributed by atoms with Crippen LogP contribution >= 0.6 is 11.6 Å². The fraction of sp³-hybridized carbons (Fsp3) is 0.214. The summed E-state index contributed by atoms with van der Waals surface area (Å²) in [6.45, 7) is 0. The van der Waals surface area contributed by atoms with Gasteiger partial charge in [0.15, 0.2) is 6.10 Å². The second-order valence-corrected chi connectivity index (χ2v) is 5.13. The van der Waals surface area contributed by atoms with Gasteiger partial charge < -0.3 is 9.84 Å². The largest absolute Gasteiger partial charge is 0.481 e. The van der Waals surface area contributed by atoms with Gasteiger partial charge in [0.25, 0.3) is 0 Å². The van der Waals surface area contributed by atoms with E-state index in [0.717, 1.165) is 18.2 Å². The molecule has 0 bridgehead atoms. The van der Waals surface area contributed by atoms with Crippen molar-refractivity contribution in [3.05, 3.63) is 53.9 Å². The van der Waals surface area contributed by atoms with Crippen molar-refractivity contribution in [3.63, 3.8) is 0 Å². The Balaban J connectivity index is 2.37. The number of rotatable bonds is 3. The maximum atomic E-state index is 13.8. The molecule has 3 nitrogen and oxygen atoms in total. The minimum atomic E-state index is -4.97. The summed E-state index contributed by atoms with van der Waals surface area (Å²) in [4.78, 5) is 7.76. The first kappa shape index (κ1) is 16.4. The lowest BCUT2D eigenvalue weighted by Crippen LogP contribution is -2.52. The average molecular weight is 337 g/mol. The van der Waals surface area contributed by atoms with Crippen molar-refractivity contribution >= 4 is 17.6 Å². The zero-order valence-electron chi connectivity index (χ0n) is 10.8. The first-order valence-corrected chi connectivity index (χ1v) is 6.33. The Morgan fingerprint density at radius 2 is 2.05 bits per heavy atom. The van der Waals surface area contributed by atoms with Gasteiger partial charge in [-0.25, -0.2) is 9.18 Å². The fourth-order valence-electron chi connectivity index (χ4n) is 1.88. The number of alkyl halides is 4. The number of allylic oxidation sites excluding steroid dienone is 2. The lowest BCUT2D eigenvalue weighted by Gasteiger charge is -2.35. The van der Waals surface area contributed by atoms with Crippen LogP contribution < -0.4 is 4.74 Å². The Hall–Kier alpha value is -2.02.